The van der Waals surface area contributed by atoms with Crippen molar-refractivity contribution < 1.29 is 28.1 Å². The van der Waals surface area contributed by atoms with E-state index in [9.17, 15) is 14.0 Å². The second kappa shape index (κ2) is 13.5. The van der Waals surface area contributed by atoms with Crippen molar-refractivity contribution in [1.82, 2.24) is 4.57 Å². The molecule has 0 fully saturated rings. The van der Waals surface area contributed by atoms with Gasteiger partial charge in [-0.05, 0) is 88.9 Å². The summed E-state index contributed by atoms with van der Waals surface area (Å²) >= 11 is 8.38. The SMILES string of the molecule is CCOC(=O)C1=C(C)N=c2s/c(=C\c3ccc(OCc4ccc(F)cc4)c(Br)c3)c(=O)n2[C@H]1c1cc(OC)c(OC)cc1Br. The number of esters is 1. The van der Waals surface area contributed by atoms with Gasteiger partial charge < -0.3 is 18.9 Å². The Morgan fingerprint density at radius 1 is 1.02 bits per heavy atom. The number of benzene rings is 3. The Bertz CT molecular complexity index is 1950. The van der Waals surface area contributed by atoms with Crippen molar-refractivity contribution in [2.24, 2.45) is 4.99 Å². The average molecular weight is 746 g/mol. The molecule has 12 heteroatoms. The Hall–Kier alpha value is -3.74. The Labute approximate surface area is 273 Å². The highest BCUT2D eigenvalue weighted by Gasteiger charge is 2.35. The third-order valence-corrected chi connectivity index (χ3v) is 9.17. The van der Waals surface area contributed by atoms with Gasteiger partial charge in [-0.25, -0.2) is 14.2 Å². The zero-order chi connectivity index (χ0) is 31.5. The Morgan fingerprint density at radius 2 is 1.73 bits per heavy atom. The van der Waals surface area contributed by atoms with Crippen molar-refractivity contribution in [3.8, 4) is 17.2 Å². The maximum atomic E-state index is 14.0. The minimum absolute atomic E-state index is 0.165. The van der Waals surface area contributed by atoms with E-state index in [-0.39, 0.29) is 30.2 Å². The minimum atomic E-state index is -0.837. The summed E-state index contributed by atoms with van der Waals surface area (Å²) < 4.78 is 38.7. The predicted molar refractivity (Wildman–Crippen MR) is 173 cm³/mol. The highest BCUT2D eigenvalue weighted by Crippen LogP contribution is 2.40. The third-order valence-electron chi connectivity index (χ3n) is 6.88. The van der Waals surface area contributed by atoms with Crippen LogP contribution < -0.4 is 29.1 Å². The van der Waals surface area contributed by atoms with Gasteiger partial charge in [0, 0.05) is 4.47 Å². The standard InChI is InChI=1S/C32H27Br2FN2O6S/c1-5-42-31(39)28-17(2)36-32-37(29(28)21-14-25(40-3)26(41-4)15-22(21)33)30(38)27(44-32)13-19-8-11-24(23(34)12-19)43-16-18-6-9-20(35)10-7-18/h6-15,29H,5,16H2,1-4H3/b27-13-/t29-/m0/s1. The van der Waals surface area contributed by atoms with Crippen LogP contribution in [0.4, 0.5) is 4.39 Å². The van der Waals surface area contributed by atoms with Crippen molar-refractivity contribution in [1.29, 1.82) is 0 Å². The molecule has 0 aliphatic carbocycles. The number of rotatable bonds is 9. The minimum Gasteiger partial charge on any atom is -0.493 e. The summed E-state index contributed by atoms with van der Waals surface area (Å²) in [6, 6.07) is 14.2. The molecule has 0 saturated carbocycles. The summed E-state index contributed by atoms with van der Waals surface area (Å²) in [4.78, 5) is 32.4. The van der Waals surface area contributed by atoms with Crippen LogP contribution in [0.3, 0.4) is 0 Å². The molecule has 4 aromatic rings. The number of allylic oxidation sites excluding steroid dienone is 1. The van der Waals surface area contributed by atoms with E-state index >= 15 is 0 Å². The smallest absolute Gasteiger partial charge is 0.338 e. The number of ether oxygens (including phenoxy) is 4. The van der Waals surface area contributed by atoms with Gasteiger partial charge >= 0.3 is 5.97 Å². The van der Waals surface area contributed by atoms with Crippen LogP contribution in [-0.4, -0.2) is 31.4 Å². The van der Waals surface area contributed by atoms with Gasteiger partial charge in [0.05, 0.1) is 47.1 Å². The number of hydrogen-bond acceptors (Lipinski definition) is 8. The van der Waals surface area contributed by atoms with Gasteiger partial charge in [-0.15, -0.1) is 0 Å². The van der Waals surface area contributed by atoms with Crippen LogP contribution in [0.1, 0.15) is 36.6 Å². The number of methoxy groups -OCH3 is 2. The lowest BCUT2D eigenvalue weighted by Crippen LogP contribution is -2.40. The summed E-state index contributed by atoms with van der Waals surface area (Å²) in [6.45, 7) is 3.89. The molecule has 5 rings (SSSR count). The number of carbonyl (C=O) groups excluding carboxylic acids is 1. The van der Waals surface area contributed by atoms with E-state index in [4.69, 9.17) is 18.9 Å². The maximum absolute atomic E-state index is 14.0. The first-order valence-electron chi connectivity index (χ1n) is 13.4. The Balaban J connectivity index is 1.57. The van der Waals surface area contributed by atoms with E-state index < -0.39 is 12.0 Å². The molecule has 0 N–H and O–H groups in total. The molecule has 8 nitrogen and oxygen atoms in total. The fraction of sp³-hybridized carbons (Fsp3) is 0.219. The zero-order valence-corrected chi connectivity index (χ0v) is 28.1. The van der Waals surface area contributed by atoms with Gasteiger partial charge in [-0.2, -0.15) is 0 Å². The van der Waals surface area contributed by atoms with Crippen molar-refractivity contribution in [3.05, 3.63) is 117 Å². The van der Waals surface area contributed by atoms with E-state index in [0.29, 0.717) is 46.8 Å². The topological polar surface area (TPSA) is 88.4 Å². The molecule has 1 aliphatic rings. The molecule has 44 heavy (non-hydrogen) atoms. The lowest BCUT2D eigenvalue weighted by molar-refractivity contribution is -0.139. The van der Waals surface area contributed by atoms with Gasteiger partial charge in [0.1, 0.15) is 18.2 Å². The normalized spacial score (nSPS) is 14.6. The molecule has 3 aromatic carbocycles. The summed E-state index contributed by atoms with van der Waals surface area (Å²) in [5.74, 6) is 0.664. The first kappa shape index (κ1) is 31.7. The lowest BCUT2D eigenvalue weighted by atomic mass is 9.95. The quantitative estimate of drug-likeness (QED) is 0.194. The van der Waals surface area contributed by atoms with E-state index in [0.717, 1.165) is 11.1 Å². The van der Waals surface area contributed by atoms with Crippen LogP contribution in [0.2, 0.25) is 0 Å². The fourth-order valence-corrected chi connectivity index (χ4v) is 6.88. The van der Waals surface area contributed by atoms with Crippen LogP contribution in [0, 0.1) is 5.82 Å². The van der Waals surface area contributed by atoms with Gasteiger partial charge in [0.25, 0.3) is 5.56 Å². The second-order valence-electron chi connectivity index (χ2n) is 9.64. The van der Waals surface area contributed by atoms with Crippen LogP contribution in [0.15, 0.2) is 84.6 Å². The number of carbonyl (C=O) groups is 1. The summed E-state index contributed by atoms with van der Waals surface area (Å²) in [5, 5.41) is 0. The molecule has 1 aliphatic heterocycles. The monoisotopic (exact) mass is 744 g/mol. The van der Waals surface area contributed by atoms with Crippen LogP contribution in [0.5, 0.6) is 17.2 Å². The molecule has 1 aromatic heterocycles. The Kier molecular flexibility index (Phi) is 9.72. The molecule has 0 saturated heterocycles. The van der Waals surface area contributed by atoms with E-state index in [1.807, 2.05) is 12.1 Å². The van der Waals surface area contributed by atoms with Gasteiger partial charge in [-0.1, -0.05) is 45.5 Å². The van der Waals surface area contributed by atoms with Gasteiger partial charge in [0.2, 0.25) is 0 Å². The molecule has 228 valence electrons. The number of hydrogen-bond donors (Lipinski definition) is 0. The first-order valence-corrected chi connectivity index (χ1v) is 15.8. The zero-order valence-electron chi connectivity index (χ0n) is 24.2. The molecule has 0 radical (unpaired) electrons. The van der Waals surface area contributed by atoms with Gasteiger partial charge in [0.15, 0.2) is 16.3 Å². The predicted octanol–water partition coefficient (Wildman–Crippen LogP) is 6.06. The highest BCUT2D eigenvalue weighted by molar-refractivity contribution is 9.10. The molecule has 0 bridgehead atoms. The highest BCUT2D eigenvalue weighted by atomic mass is 79.9. The second-order valence-corrected chi connectivity index (χ2v) is 12.4. The molecular weight excluding hydrogens is 719 g/mol. The number of aromatic nitrogens is 1. The van der Waals surface area contributed by atoms with E-state index in [1.165, 1.54) is 42.3 Å². The van der Waals surface area contributed by atoms with Crippen molar-refractivity contribution >= 4 is 55.2 Å². The number of nitrogens with zero attached hydrogens (tertiary/aromatic N) is 2. The van der Waals surface area contributed by atoms with E-state index in [2.05, 4.69) is 36.9 Å². The number of halogens is 3. The fourth-order valence-electron chi connectivity index (χ4n) is 4.78. The summed E-state index contributed by atoms with van der Waals surface area (Å²) in [7, 11) is 3.05. The van der Waals surface area contributed by atoms with Crippen LogP contribution in [0.25, 0.3) is 6.08 Å². The third kappa shape index (κ3) is 6.38. The van der Waals surface area contributed by atoms with E-state index in [1.54, 1.807) is 50.3 Å². The van der Waals surface area contributed by atoms with Crippen molar-refractivity contribution in [3.63, 3.8) is 0 Å². The van der Waals surface area contributed by atoms with Gasteiger partial charge in [-0.3, -0.25) is 9.36 Å². The van der Waals surface area contributed by atoms with Crippen molar-refractivity contribution in [2.45, 2.75) is 26.5 Å². The largest absolute Gasteiger partial charge is 0.493 e. The lowest BCUT2D eigenvalue weighted by Gasteiger charge is -2.26. The molecule has 0 unspecified atom stereocenters. The molecule has 2 heterocycles. The Morgan fingerprint density at radius 3 is 2.39 bits per heavy atom. The number of thiazole rings is 1. The maximum Gasteiger partial charge on any atom is 0.338 e. The summed E-state index contributed by atoms with van der Waals surface area (Å²) in [5.41, 5.74) is 2.58. The molecule has 1 atom stereocenters. The average Bonchev–Trinajstić information content (AvgIpc) is 3.30. The summed E-state index contributed by atoms with van der Waals surface area (Å²) in [6.07, 6.45) is 1.77. The molecular formula is C32H27Br2FN2O6S. The van der Waals surface area contributed by atoms with Crippen LogP contribution in [-0.2, 0) is 16.1 Å². The molecule has 0 spiro atoms. The number of fused-ring (bicyclic) bond motifs is 1. The molecule has 0 amide bonds. The van der Waals surface area contributed by atoms with Crippen molar-refractivity contribution in [2.75, 3.05) is 20.8 Å². The van der Waals surface area contributed by atoms with Crippen LogP contribution >= 0.6 is 43.2 Å². The first-order chi connectivity index (χ1) is 21.1.